The molecule has 66 valence electrons. The van der Waals surface area contributed by atoms with Gasteiger partial charge >= 0.3 is 0 Å². The van der Waals surface area contributed by atoms with E-state index in [1.54, 1.807) is 6.08 Å². The van der Waals surface area contributed by atoms with Crippen molar-refractivity contribution in [1.29, 1.82) is 0 Å². The van der Waals surface area contributed by atoms with Crippen molar-refractivity contribution in [2.75, 3.05) is 0 Å². The van der Waals surface area contributed by atoms with Gasteiger partial charge in [-0.15, -0.1) is 0 Å². The quantitative estimate of drug-likeness (QED) is 0.362. The van der Waals surface area contributed by atoms with Crippen molar-refractivity contribution in [1.82, 2.24) is 0 Å². The summed E-state index contributed by atoms with van der Waals surface area (Å²) in [6.07, 6.45) is 20.0. The Morgan fingerprint density at radius 2 is 1.46 bits per heavy atom. The average Bonchev–Trinajstić information content (AvgIpc) is 2.63. The minimum atomic E-state index is 0.430. The van der Waals surface area contributed by atoms with Crippen LogP contribution in [0.5, 0.6) is 0 Å². The fourth-order valence-electron chi connectivity index (χ4n) is 1.01. The van der Waals surface area contributed by atoms with Crippen molar-refractivity contribution in [3.8, 4) is 0 Å². The molecule has 0 aromatic carbocycles. The Morgan fingerprint density at radius 3 is 2.15 bits per heavy atom. The molecule has 1 aliphatic rings. The van der Waals surface area contributed by atoms with Crippen LogP contribution in [-0.4, -0.2) is 6.29 Å². The maximum atomic E-state index is 9.89. The summed E-state index contributed by atoms with van der Waals surface area (Å²) in [5, 5.41) is 0. The lowest BCUT2D eigenvalue weighted by Gasteiger charge is -1.91. The Morgan fingerprint density at radius 1 is 0.846 bits per heavy atom. The van der Waals surface area contributed by atoms with Crippen LogP contribution in [-0.2, 0) is 4.79 Å². The first-order valence-electron chi connectivity index (χ1n) is 4.24. The van der Waals surface area contributed by atoms with Crippen molar-refractivity contribution in [3.63, 3.8) is 0 Å². The monoisotopic (exact) mass is 172 g/mol. The summed E-state index contributed by atoms with van der Waals surface area (Å²) >= 11 is 0. The van der Waals surface area contributed by atoms with E-state index in [-0.39, 0.29) is 0 Å². The normalized spacial score (nSPS) is 17.2. The lowest BCUT2D eigenvalue weighted by atomic mass is 10.1. The topological polar surface area (TPSA) is 17.1 Å². The average molecular weight is 172 g/mol. The third-order valence-corrected chi connectivity index (χ3v) is 1.63. The molecule has 0 atom stereocenters. The summed E-state index contributed by atoms with van der Waals surface area (Å²) in [4.78, 5) is 9.89. The number of hydrogen-bond donors (Lipinski definition) is 0. The lowest BCUT2D eigenvalue weighted by Crippen LogP contribution is -1.78. The van der Waals surface area contributed by atoms with Gasteiger partial charge in [0.15, 0.2) is 0 Å². The minimum absolute atomic E-state index is 0.430. The van der Waals surface area contributed by atoms with Gasteiger partial charge in [-0.1, -0.05) is 54.7 Å². The number of rotatable bonds is 4. The molecule has 0 bridgehead atoms. The van der Waals surface area contributed by atoms with Crippen LogP contribution in [0.3, 0.4) is 0 Å². The predicted molar refractivity (Wildman–Crippen MR) is 55.3 cm³/mol. The fourth-order valence-corrected chi connectivity index (χ4v) is 1.01. The van der Waals surface area contributed by atoms with Crippen molar-refractivity contribution in [2.24, 2.45) is 5.92 Å². The van der Waals surface area contributed by atoms with E-state index in [0.717, 1.165) is 6.29 Å². The molecule has 0 radical (unpaired) electrons. The molecule has 1 nitrogen and oxygen atoms in total. The smallest absolute Gasteiger partial charge is 0.142 e. The Hall–Kier alpha value is -1.63. The van der Waals surface area contributed by atoms with E-state index in [1.807, 2.05) is 30.4 Å². The van der Waals surface area contributed by atoms with Crippen molar-refractivity contribution >= 4 is 6.29 Å². The highest BCUT2D eigenvalue weighted by molar-refractivity contribution is 5.65. The van der Waals surface area contributed by atoms with Gasteiger partial charge in [0, 0.05) is 5.92 Å². The maximum absolute atomic E-state index is 9.89. The van der Waals surface area contributed by atoms with Gasteiger partial charge in [-0.2, -0.15) is 0 Å². The van der Waals surface area contributed by atoms with Crippen LogP contribution in [0.15, 0.2) is 60.8 Å². The fraction of sp³-hybridized carbons (Fsp3) is 0.0833. The third kappa shape index (κ3) is 4.06. The van der Waals surface area contributed by atoms with Crippen LogP contribution in [0.1, 0.15) is 0 Å². The van der Waals surface area contributed by atoms with Gasteiger partial charge in [0.25, 0.3) is 0 Å². The number of carbonyl (C=O) groups excluding carboxylic acids is 1. The number of allylic oxidation sites excluding steroid dienone is 10. The molecule has 0 unspecified atom stereocenters. The van der Waals surface area contributed by atoms with Crippen molar-refractivity contribution in [3.05, 3.63) is 60.8 Å². The SMILES string of the molecule is O=CC=CC=CC=CC1C=CC=C1. The van der Waals surface area contributed by atoms with Gasteiger partial charge in [-0.25, -0.2) is 0 Å². The summed E-state index contributed by atoms with van der Waals surface area (Å²) < 4.78 is 0. The number of carbonyl (C=O) groups is 1. The van der Waals surface area contributed by atoms with Gasteiger partial charge in [-0.05, 0) is 6.08 Å². The molecule has 0 N–H and O–H groups in total. The van der Waals surface area contributed by atoms with Gasteiger partial charge in [0.1, 0.15) is 6.29 Å². The molecule has 1 rings (SSSR count). The zero-order valence-corrected chi connectivity index (χ0v) is 7.34. The van der Waals surface area contributed by atoms with E-state index in [0.29, 0.717) is 5.92 Å². The largest absolute Gasteiger partial charge is 0.299 e. The zero-order valence-electron chi connectivity index (χ0n) is 7.34. The molecule has 1 aliphatic carbocycles. The number of hydrogen-bond acceptors (Lipinski definition) is 1. The Labute approximate surface area is 78.5 Å². The molecule has 0 fully saturated rings. The molecule has 13 heavy (non-hydrogen) atoms. The molecule has 0 aromatic heterocycles. The van der Waals surface area contributed by atoms with E-state index in [1.165, 1.54) is 6.08 Å². The van der Waals surface area contributed by atoms with Gasteiger partial charge in [0.05, 0.1) is 0 Å². The molecular weight excluding hydrogens is 160 g/mol. The highest BCUT2D eigenvalue weighted by Gasteiger charge is 1.94. The highest BCUT2D eigenvalue weighted by atomic mass is 16.1. The van der Waals surface area contributed by atoms with Crippen LogP contribution in [0.25, 0.3) is 0 Å². The van der Waals surface area contributed by atoms with E-state index in [2.05, 4.69) is 18.2 Å². The third-order valence-electron chi connectivity index (χ3n) is 1.63. The van der Waals surface area contributed by atoms with Crippen LogP contribution in [0, 0.1) is 5.92 Å². The van der Waals surface area contributed by atoms with Crippen LogP contribution in [0.4, 0.5) is 0 Å². The molecular formula is C12H12O. The summed E-state index contributed by atoms with van der Waals surface area (Å²) in [6.45, 7) is 0. The number of aldehydes is 1. The predicted octanol–water partition coefficient (Wildman–Crippen LogP) is 2.60. The minimum Gasteiger partial charge on any atom is -0.299 e. The first-order valence-corrected chi connectivity index (χ1v) is 4.24. The molecule has 0 aliphatic heterocycles. The standard InChI is InChI=1S/C12H12O/c13-11-7-3-1-2-4-8-12-9-5-6-10-12/h1-12H. The first-order chi connectivity index (χ1) is 6.43. The molecule has 0 aromatic rings. The first kappa shape index (κ1) is 9.46. The lowest BCUT2D eigenvalue weighted by molar-refractivity contribution is -0.104. The van der Waals surface area contributed by atoms with Gasteiger partial charge < -0.3 is 0 Å². The maximum Gasteiger partial charge on any atom is 0.142 e. The summed E-state index contributed by atoms with van der Waals surface area (Å²) in [7, 11) is 0. The van der Waals surface area contributed by atoms with Crippen molar-refractivity contribution in [2.45, 2.75) is 0 Å². The second-order valence-corrected chi connectivity index (χ2v) is 2.64. The highest BCUT2D eigenvalue weighted by Crippen LogP contribution is 2.09. The van der Waals surface area contributed by atoms with Crippen LogP contribution >= 0.6 is 0 Å². The zero-order chi connectivity index (χ0) is 9.36. The van der Waals surface area contributed by atoms with Gasteiger partial charge in [-0.3, -0.25) is 4.79 Å². The second kappa shape index (κ2) is 5.95. The molecule has 0 amide bonds. The summed E-state index contributed by atoms with van der Waals surface area (Å²) in [5.74, 6) is 0.430. The summed E-state index contributed by atoms with van der Waals surface area (Å²) in [5.41, 5.74) is 0. The Balaban J connectivity index is 2.28. The van der Waals surface area contributed by atoms with E-state index in [4.69, 9.17) is 0 Å². The second-order valence-electron chi connectivity index (χ2n) is 2.64. The molecule has 0 spiro atoms. The van der Waals surface area contributed by atoms with E-state index < -0.39 is 0 Å². The molecule has 0 heterocycles. The van der Waals surface area contributed by atoms with E-state index in [9.17, 15) is 4.79 Å². The Kier molecular flexibility index (Phi) is 4.33. The molecule has 0 saturated carbocycles. The van der Waals surface area contributed by atoms with Crippen LogP contribution in [0.2, 0.25) is 0 Å². The van der Waals surface area contributed by atoms with E-state index >= 15 is 0 Å². The molecule has 1 heteroatoms. The van der Waals surface area contributed by atoms with Gasteiger partial charge in [0.2, 0.25) is 0 Å². The molecule has 0 saturated heterocycles. The van der Waals surface area contributed by atoms with Crippen molar-refractivity contribution < 1.29 is 4.79 Å². The van der Waals surface area contributed by atoms with Crippen LogP contribution < -0.4 is 0 Å². The Bertz CT molecular complexity index is 278. The summed E-state index contributed by atoms with van der Waals surface area (Å²) in [6, 6.07) is 0.